The van der Waals surface area contributed by atoms with Gasteiger partial charge in [0.25, 0.3) is 0 Å². The highest BCUT2D eigenvalue weighted by molar-refractivity contribution is 5.79. The Morgan fingerprint density at radius 2 is 2.07 bits per heavy atom. The number of carbonyl (C=O) groups is 1. The molecule has 2 aliphatic rings. The van der Waals surface area contributed by atoms with Crippen LogP contribution in [0.5, 0.6) is 0 Å². The molecular weight excluding hydrogens is 180 g/mol. The number of hydrogen-bond donors (Lipinski definition) is 0. The quantitative estimate of drug-likeness (QED) is 0.586. The van der Waals surface area contributed by atoms with Gasteiger partial charge < -0.3 is 9.64 Å². The molecule has 0 N–H and O–H groups in total. The van der Waals surface area contributed by atoms with Crippen LogP contribution in [0.15, 0.2) is 4.99 Å². The molecule has 0 radical (unpaired) electrons. The van der Waals surface area contributed by atoms with Crippen molar-refractivity contribution in [2.24, 2.45) is 10.4 Å². The summed E-state index contributed by atoms with van der Waals surface area (Å²) in [5.74, 6) is 0. The molecule has 0 aromatic rings. The summed E-state index contributed by atoms with van der Waals surface area (Å²) in [6, 6.07) is 0. The number of amides is 1. The molecule has 14 heavy (non-hydrogen) atoms. The van der Waals surface area contributed by atoms with Gasteiger partial charge in [0.15, 0.2) is 0 Å². The molecule has 1 fully saturated rings. The maximum atomic E-state index is 11.5. The van der Waals surface area contributed by atoms with Gasteiger partial charge in [-0.15, -0.1) is 0 Å². The molecule has 2 aliphatic heterocycles. The van der Waals surface area contributed by atoms with E-state index in [2.05, 4.69) is 4.99 Å². The molecule has 1 amide bonds. The highest BCUT2D eigenvalue weighted by atomic mass is 16.6. The molecule has 1 saturated heterocycles. The van der Waals surface area contributed by atoms with Gasteiger partial charge in [0, 0.05) is 19.3 Å². The minimum Gasteiger partial charge on any atom is -0.444 e. The number of nitrogens with zero attached hydrogens (tertiary/aromatic N) is 2. The van der Waals surface area contributed by atoms with Crippen LogP contribution in [-0.4, -0.2) is 42.4 Å². The second-order valence-electron chi connectivity index (χ2n) is 5.17. The molecule has 0 atom stereocenters. The number of ether oxygens (including phenoxy) is 1. The van der Waals surface area contributed by atoms with Crippen LogP contribution in [0.1, 0.15) is 20.8 Å². The van der Waals surface area contributed by atoms with Gasteiger partial charge in [-0.25, -0.2) is 4.79 Å². The van der Waals surface area contributed by atoms with Crippen molar-refractivity contribution in [3.05, 3.63) is 0 Å². The van der Waals surface area contributed by atoms with E-state index in [1.54, 1.807) is 4.90 Å². The van der Waals surface area contributed by atoms with Gasteiger partial charge in [0.1, 0.15) is 5.60 Å². The molecule has 0 unspecified atom stereocenters. The second-order valence-corrected chi connectivity index (χ2v) is 5.17. The molecule has 2 rings (SSSR count). The summed E-state index contributed by atoms with van der Waals surface area (Å²) < 4.78 is 5.25. The van der Waals surface area contributed by atoms with Crippen molar-refractivity contribution in [2.45, 2.75) is 26.4 Å². The Balaban J connectivity index is 1.82. The molecule has 0 aliphatic carbocycles. The zero-order valence-electron chi connectivity index (χ0n) is 8.91. The highest BCUT2D eigenvalue weighted by Gasteiger charge is 2.48. The van der Waals surface area contributed by atoms with Crippen LogP contribution < -0.4 is 0 Å². The fourth-order valence-electron chi connectivity index (χ4n) is 1.70. The van der Waals surface area contributed by atoms with Crippen LogP contribution in [0.25, 0.3) is 0 Å². The van der Waals surface area contributed by atoms with Crippen molar-refractivity contribution in [3.63, 3.8) is 0 Å². The molecule has 4 nitrogen and oxygen atoms in total. The summed E-state index contributed by atoms with van der Waals surface area (Å²) in [7, 11) is 0. The van der Waals surface area contributed by atoms with Crippen LogP contribution in [0.2, 0.25) is 0 Å². The zero-order valence-corrected chi connectivity index (χ0v) is 8.91. The van der Waals surface area contributed by atoms with E-state index in [-0.39, 0.29) is 11.5 Å². The fourth-order valence-corrected chi connectivity index (χ4v) is 1.70. The lowest BCUT2D eigenvalue weighted by atomic mass is 9.78. The summed E-state index contributed by atoms with van der Waals surface area (Å²) in [5.41, 5.74) is -0.190. The van der Waals surface area contributed by atoms with E-state index in [1.165, 1.54) is 0 Å². The lowest BCUT2D eigenvalue weighted by Crippen LogP contribution is -2.64. The number of aliphatic imine (C=N–C) groups is 1. The zero-order chi connectivity index (χ0) is 10.4. The third kappa shape index (κ3) is 1.61. The summed E-state index contributed by atoms with van der Waals surface area (Å²) in [6.45, 7) is 8.05. The Morgan fingerprint density at radius 3 is 2.43 bits per heavy atom. The number of likely N-dealkylation sites (tertiary alicyclic amines) is 1. The third-order valence-electron chi connectivity index (χ3n) is 2.43. The summed E-state index contributed by atoms with van der Waals surface area (Å²) in [5, 5.41) is 0. The van der Waals surface area contributed by atoms with Gasteiger partial charge in [-0.1, -0.05) is 0 Å². The Kier molecular flexibility index (Phi) is 1.84. The smallest absolute Gasteiger partial charge is 0.410 e. The molecule has 0 bridgehead atoms. The lowest BCUT2D eigenvalue weighted by Gasteiger charge is -2.50. The van der Waals surface area contributed by atoms with Crippen LogP contribution in [-0.2, 0) is 4.74 Å². The topological polar surface area (TPSA) is 41.9 Å². The fraction of sp³-hybridized carbons (Fsp3) is 0.800. The molecular formula is C10H16N2O2. The van der Waals surface area contributed by atoms with Crippen LogP contribution in [0.3, 0.4) is 0 Å². The number of hydrogen-bond acceptors (Lipinski definition) is 3. The molecule has 0 aromatic carbocycles. The Labute approximate surface area is 83.9 Å². The van der Waals surface area contributed by atoms with E-state index in [0.717, 1.165) is 19.6 Å². The van der Waals surface area contributed by atoms with Crippen molar-refractivity contribution in [3.8, 4) is 0 Å². The van der Waals surface area contributed by atoms with Crippen LogP contribution in [0, 0.1) is 5.41 Å². The lowest BCUT2D eigenvalue weighted by molar-refractivity contribution is -0.0132. The SMILES string of the molecule is CC(C)(C)OC(=O)N1CC2(C=NC2)C1. The average molecular weight is 196 g/mol. The largest absolute Gasteiger partial charge is 0.444 e. The van der Waals surface area contributed by atoms with Crippen molar-refractivity contribution in [1.29, 1.82) is 0 Å². The first-order chi connectivity index (χ1) is 6.40. The highest BCUT2D eigenvalue weighted by Crippen LogP contribution is 2.34. The number of carbonyl (C=O) groups excluding carboxylic acids is 1. The first kappa shape index (κ1) is 9.49. The molecule has 0 saturated carbocycles. The van der Waals surface area contributed by atoms with E-state index in [9.17, 15) is 4.79 Å². The Bertz CT molecular complexity index is 285. The first-order valence-electron chi connectivity index (χ1n) is 4.89. The Hall–Kier alpha value is -1.06. The summed E-state index contributed by atoms with van der Waals surface area (Å²) >= 11 is 0. The minimum absolute atomic E-state index is 0.205. The standard InChI is InChI=1S/C10H16N2O2/c1-9(2,3)14-8(13)12-6-10(7-12)4-11-5-10/h4H,5-7H2,1-3H3. The average Bonchev–Trinajstić information content (AvgIpc) is 1.74. The Morgan fingerprint density at radius 1 is 1.50 bits per heavy atom. The van der Waals surface area contributed by atoms with Gasteiger partial charge in [-0.2, -0.15) is 0 Å². The van der Waals surface area contributed by atoms with E-state index in [0.29, 0.717) is 0 Å². The predicted octanol–water partition coefficient (Wildman–Crippen LogP) is 1.31. The van der Waals surface area contributed by atoms with Gasteiger partial charge in [0.05, 0.1) is 12.0 Å². The minimum atomic E-state index is -0.395. The van der Waals surface area contributed by atoms with Crippen molar-refractivity contribution < 1.29 is 9.53 Å². The summed E-state index contributed by atoms with van der Waals surface area (Å²) in [6.07, 6.45) is 1.75. The molecule has 1 spiro atoms. The molecule has 2 heterocycles. The van der Waals surface area contributed by atoms with Gasteiger partial charge in [-0.3, -0.25) is 4.99 Å². The molecule has 4 heteroatoms. The predicted molar refractivity (Wildman–Crippen MR) is 53.6 cm³/mol. The molecule has 78 valence electrons. The van der Waals surface area contributed by atoms with E-state index in [1.807, 2.05) is 27.0 Å². The maximum absolute atomic E-state index is 11.5. The van der Waals surface area contributed by atoms with Crippen LogP contribution in [0.4, 0.5) is 4.79 Å². The van der Waals surface area contributed by atoms with Crippen molar-refractivity contribution in [2.75, 3.05) is 19.6 Å². The van der Waals surface area contributed by atoms with E-state index >= 15 is 0 Å². The van der Waals surface area contributed by atoms with Gasteiger partial charge >= 0.3 is 6.09 Å². The maximum Gasteiger partial charge on any atom is 0.410 e. The first-order valence-corrected chi connectivity index (χ1v) is 4.89. The van der Waals surface area contributed by atoms with Gasteiger partial charge in [0.2, 0.25) is 0 Å². The second kappa shape index (κ2) is 2.72. The van der Waals surface area contributed by atoms with Crippen LogP contribution >= 0.6 is 0 Å². The van der Waals surface area contributed by atoms with E-state index < -0.39 is 5.60 Å². The third-order valence-corrected chi connectivity index (χ3v) is 2.43. The van der Waals surface area contributed by atoms with E-state index in [4.69, 9.17) is 4.74 Å². The monoisotopic (exact) mass is 196 g/mol. The van der Waals surface area contributed by atoms with Crippen molar-refractivity contribution >= 4 is 12.3 Å². The normalized spacial score (nSPS) is 22.9. The summed E-state index contributed by atoms with van der Waals surface area (Å²) in [4.78, 5) is 17.3. The van der Waals surface area contributed by atoms with Crippen molar-refractivity contribution in [1.82, 2.24) is 4.90 Å². The number of rotatable bonds is 0. The van der Waals surface area contributed by atoms with Gasteiger partial charge in [-0.05, 0) is 20.8 Å². The molecule has 0 aromatic heterocycles.